The fraction of sp³-hybridized carbons (Fsp3) is 0.182. The summed E-state index contributed by atoms with van der Waals surface area (Å²) < 4.78 is 45.6. The van der Waals surface area contributed by atoms with E-state index in [1.807, 2.05) is 91.0 Å². The first-order chi connectivity index (χ1) is 35.7. The van der Waals surface area contributed by atoms with Crippen LogP contribution in [0.15, 0.2) is 255 Å². The van der Waals surface area contributed by atoms with Gasteiger partial charge in [0, 0.05) is 16.7 Å². The van der Waals surface area contributed by atoms with Gasteiger partial charge in [-0.05, 0) is 70.8 Å². The van der Waals surface area contributed by atoms with E-state index >= 15 is 0 Å². The maximum absolute atomic E-state index is 8.25. The summed E-state index contributed by atoms with van der Waals surface area (Å²) in [7, 11) is 0. The van der Waals surface area contributed by atoms with Crippen molar-refractivity contribution in [3.8, 4) is 17.2 Å². The lowest BCUT2D eigenvalue weighted by Crippen LogP contribution is -2.67. The molecule has 0 aliphatic heterocycles. The van der Waals surface area contributed by atoms with Crippen molar-refractivity contribution in [1.29, 1.82) is 0 Å². The fourth-order valence-corrected chi connectivity index (χ4v) is 10.4. The summed E-state index contributed by atoms with van der Waals surface area (Å²) >= 11 is 0. The molecule has 72 heavy (non-hydrogen) atoms. The zero-order valence-electron chi connectivity index (χ0n) is 40.6. The van der Waals surface area contributed by atoms with Crippen LogP contribution in [0.1, 0.15) is 69.3 Å². The molecule has 0 radical (unpaired) electrons. The topological polar surface area (TPSA) is 55.4 Å². The van der Waals surface area contributed by atoms with Crippen LogP contribution in [-0.4, -0.2) is 0 Å². The Morgan fingerprint density at radius 3 is 0.833 bits per heavy atom. The van der Waals surface area contributed by atoms with E-state index in [0.29, 0.717) is 56.3 Å². The first-order valence-corrected chi connectivity index (χ1v) is 25.0. The second-order valence-electron chi connectivity index (χ2n) is 18.3. The highest BCUT2D eigenvalue weighted by Gasteiger charge is 2.72. The van der Waals surface area contributed by atoms with Gasteiger partial charge in [-0.25, -0.2) is 0 Å². The molecule has 0 amide bonds. The van der Waals surface area contributed by atoms with Crippen molar-refractivity contribution < 1.29 is 28.4 Å². The third kappa shape index (κ3) is 10.3. The van der Waals surface area contributed by atoms with E-state index in [0.717, 1.165) is 50.1 Å². The molecule has 1 aliphatic rings. The monoisotopic (exact) mass is 948 g/mol. The average Bonchev–Trinajstić information content (AvgIpc) is 3.46. The Balaban J connectivity index is 1.30. The summed E-state index contributed by atoms with van der Waals surface area (Å²) in [6.45, 7) is 1.69. The van der Waals surface area contributed by atoms with Gasteiger partial charge in [0.25, 0.3) is 0 Å². The van der Waals surface area contributed by atoms with Gasteiger partial charge in [0.1, 0.15) is 48.3 Å². The summed E-state index contributed by atoms with van der Waals surface area (Å²) in [5.74, 6) is 2.00. The van der Waals surface area contributed by atoms with Gasteiger partial charge in [-0.1, -0.05) is 237 Å². The Labute approximate surface area is 424 Å². The Morgan fingerprint density at radius 2 is 0.500 bits per heavy atom. The van der Waals surface area contributed by atoms with Crippen LogP contribution >= 0.6 is 0 Å². The zero-order chi connectivity index (χ0) is 48.7. The minimum atomic E-state index is -1.58. The highest BCUT2D eigenvalue weighted by Crippen LogP contribution is 2.68. The van der Waals surface area contributed by atoms with Crippen LogP contribution in [0.5, 0.6) is 17.2 Å². The largest absolute Gasteiger partial charge is 0.489 e. The molecule has 2 atom stereocenters. The second kappa shape index (κ2) is 23.0. The molecule has 10 rings (SSSR count). The lowest BCUT2D eigenvalue weighted by Gasteiger charge is -2.62. The molecular weight excluding hydrogens is 889 g/mol. The van der Waals surface area contributed by atoms with E-state index in [1.165, 1.54) is 0 Å². The molecule has 0 aromatic heterocycles. The van der Waals surface area contributed by atoms with Gasteiger partial charge in [0.05, 0.1) is 19.8 Å². The Kier molecular flexibility index (Phi) is 15.3. The van der Waals surface area contributed by atoms with Gasteiger partial charge in [-0.15, -0.1) is 0 Å². The van der Waals surface area contributed by atoms with Gasteiger partial charge in [-0.2, -0.15) is 0 Å². The van der Waals surface area contributed by atoms with Gasteiger partial charge in [0.15, 0.2) is 5.60 Å². The highest BCUT2D eigenvalue weighted by molar-refractivity contribution is 5.55. The zero-order valence-corrected chi connectivity index (χ0v) is 40.6. The number of hydrogen-bond donors (Lipinski definition) is 0. The Morgan fingerprint density at radius 1 is 0.250 bits per heavy atom. The Hall–Kier alpha value is -7.74. The SMILES string of the molecule is c1ccc(COc2ccccc2C2(OCc3ccccc3)CCCC(OCc3ccccc3)(c3ccccc3OCc3ccccc3)C2(OCc2ccccc2)c2ccccc2OCc2ccccc2)cc1. The number of hydrogen-bond acceptors (Lipinski definition) is 6. The normalized spacial score (nSPS) is 18.5. The van der Waals surface area contributed by atoms with Crippen molar-refractivity contribution >= 4 is 0 Å². The van der Waals surface area contributed by atoms with Crippen molar-refractivity contribution in [3.05, 3.63) is 305 Å². The molecule has 1 saturated carbocycles. The standard InChI is InChI=1S/C66H60O6/c1-7-26-52(27-8-1)46-67-61-41-22-19-38-58(61)64(70-49-55-32-13-4-14-33-55)44-25-45-65(71-50-56-34-15-5-16-35-56,59-39-20-23-42-62(59)68-47-53-28-9-2-10-29-53)66(64,72-51-57-36-17-6-18-37-57)60-40-21-24-43-63(60)69-48-54-30-11-3-12-31-54/h1-24,26-43H,25,44-51H2. The van der Waals surface area contributed by atoms with E-state index in [4.69, 9.17) is 28.4 Å². The molecule has 6 heteroatoms. The third-order valence-corrected chi connectivity index (χ3v) is 13.8. The van der Waals surface area contributed by atoms with Crippen LogP contribution in [0.3, 0.4) is 0 Å². The Bertz CT molecular complexity index is 2920. The van der Waals surface area contributed by atoms with Crippen molar-refractivity contribution in [3.63, 3.8) is 0 Å². The van der Waals surface area contributed by atoms with Gasteiger partial charge in [-0.3, -0.25) is 0 Å². The molecular formula is C66H60O6. The van der Waals surface area contributed by atoms with E-state index in [9.17, 15) is 0 Å². The average molecular weight is 949 g/mol. The molecule has 1 fully saturated rings. The highest BCUT2D eigenvalue weighted by atomic mass is 16.6. The van der Waals surface area contributed by atoms with E-state index in [1.54, 1.807) is 0 Å². The first kappa shape index (κ1) is 47.9. The lowest BCUT2D eigenvalue weighted by atomic mass is 9.54. The second-order valence-corrected chi connectivity index (χ2v) is 18.3. The van der Waals surface area contributed by atoms with Crippen LogP contribution in [0, 0.1) is 0 Å². The number of benzene rings is 9. The van der Waals surface area contributed by atoms with Crippen LogP contribution in [0.25, 0.3) is 0 Å². The van der Waals surface area contributed by atoms with E-state index in [2.05, 4.69) is 164 Å². The maximum Gasteiger partial charge on any atom is 0.163 e. The van der Waals surface area contributed by atoms with Crippen LogP contribution < -0.4 is 14.2 Å². The predicted octanol–water partition coefficient (Wildman–Crippen LogP) is 15.2. The number of ether oxygens (including phenoxy) is 6. The smallest absolute Gasteiger partial charge is 0.163 e. The third-order valence-electron chi connectivity index (χ3n) is 13.8. The molecule has 6 nitrogen and oxygen atoms in total. The fourth-order valence-electron chi connectivity index (χ4n) is 10.4. The summed E-state index contributed by atoms with van der Waals surface area (Å²) in [5.41, 5.74) is 4.27. The minimum absolute atomic E-state index is 0.195. The van der Waals surface area contributed by atoms with E-state index in [-0.39, 0.29) is 19.8 Å². The summed E-state index contributed by atoms with van der Waals surface area (Å²) in [4.78, 5) is 0. The maximum atomic E-state index is 8.25. The summed E-state index contributed by atoms with van der Waals surface area (Å²) in [5, 5.41) is 0. The van der Waals surface area contributed by atoms with Gasteiger partial charge < -0.3 is 28.4 Å². The summed E-state index contributed by atoms with van der Waals surface area (Å²) in [6, 6.07) is 87.0. The quantitative estimate of drug-likeness (QED) is 0.0715. The van der Waals surface area contributed by atoms with Gasteiger partial charge >= 0.3 is 0 Å². The molecule has 9 aromatic rings. The van der Waals surface area contributed by atoms with Crippen molar-refractivity contribution in [2.24, 2.45) is 0 Å². The van der Waals surface area contributed by atoms with Crippen LogP contribution in [-0.2, 0) is 70.7 Å². The molecule has 0 saturated heterocycles. The minimum Gasteiger partial charge on any atom is -0.489 e. The number of rotatable bonds is 21. The summed E-state index contributed by atoms with van der Waals surface area (Å²) in [6.07, 6.45) is 1.72. The molecule has 9 aromatic carbocycles. The first-order valence-electron chi connectivity index (χ1n) is 25.0. The van der Waals surface area contributed by atoms with Gasteiger partial charge in [0.2, 0.25) is 0 Å². The lowest BCUT2D eigenvalue weighted by molar-refractivity contribution is -0.343. The number of para-hydroxylation sites is 3. The van der Waals surface area contributed by atoms with E-state index < -0.39 is 16.8 Å². The molecule has 360 valence electrons. The molecule has 0 heterocycles. The molecule has 0 N–H and O–H groups in total. The predicted molar refractivity (Wildman–Crippen MR) is 284 cm³/mol. The van der Waals surface area contributed by atoms with Crippen molar-refractivity contribution in [2.45, 2.75) is 75.7 Å². The molecule has 2 unspecified atom stereocenters. The molecule has 1 aliphatic carbocycles. The molecule has 0 bridgehead atoms. The van der Waals surface area contributed by atoms with Crippen molar-refractivity contribution in [1.82, 2.24) is 0 Å². The van der Waals surface area contributed by atoms with Crippen LogP contribution in [0.4, 0.5) is 0 Å². The van der Waals surface area contributed by atoms with Crippen molar-refractivity contribution in [2.75, 3.05) is 0 Å². The van der Waals surface area contributed by atoms with Crippen LogP contribution in [0.2, 0.25) is 0 Å². The molecule has 0 spiro atoms.